The van der Waals surface area contributed by atoms with E-state index in [1.165, 1.54) is 0 Å². The van der Waals surface area contributed by atoms with Crippen molar-refractivity contribution in [3.8, 4) is 0 Å². The van der Waals surface area contributed by atoms with E-state index >= 15 is 0 Å². The topological polar surface area (TPSA) is 138 Å². The number of hydrogen-bond donors (Lipinski definition) is 2. The molecule has 0 aliphatic heterocycles. The van der Waals surface area contributed by atoms with Crippen LogP contribution in [0.5, 0.6) is 0 Å². The predicted octanol–water partition coefficient (Wildman–Crippen LogP) is -1.94. The minimum atomic E-state index is -1.26. The Kier molecular flexibility index (Phi) is 24.2. The maximum atomic E-state index is 9.55. The molecule has 0 spiro atoms. The molecule has 0 rings (SSSR count). The molecule has 0 aliphatic rings. The summed E-state index contributed by atoms with van der Waals surface area (Å²) in [4.78, 5) is 19.1. The second-order valence-electron chi connectivity index (χ2n) is 1.01. The van der Waals surface area contributed by atoms with Crippen molar-refractivity contribution in [3.05, 3.63) is 12.2 Å². The third-order valence-corrected chi connectivity index (χ3v) is 0.368. The van der Waals surface area contributed by atoms with Crippen molar-refractivity contribution in [2.75, 3.05) is 0 Å². The van der Waals surface area contributed by atoms with E-state index in [4.69, 9.17) is 10.2 Å². The van der Waals surface area contributed by atoms with E-state index in [1.54, 1.807) is 0 Å². The van der Waals surface area contributed by atoms with Crippen molar-refractivity contribution in [2.24, 2.45) is 0 Å². The Balaban J connectivity index is -0.0000000817. The number of carboxylic acid groups (broad SMARTS) is 2. The molecular weight excluding hydrogens is 208 g/mol. The second kappa shape index (κ2) is 11.9. The van der Waals surface area contributed by atoms with Gasteiger partial charge < -0.3 is 21.2 Å². The van der Waals surface area contributed by atoms with E-state index in [0.717, 1.165) is 0 Å². The fourth-order valence-corrected chi connectivity index (χ4v) is 0.143. The quantitative estimate of drug-likeness (QED) is 0.409. The molecular formula is C4H8CuO6. The molecule has 0 amide bonds. The van der Waals surface area contributed by atoms with Crippen molar-refractivity contribution in [1.82, 2.24) is 0 Å². The van der Waals surface area contributed by atoms with Gasteiger partial charge in [0.25, 0.3) is 0 Å². The largest absolute Gasteiger partial charge is 0.478 e. The standard InChI is InChI=1S/C4H4O4.Cu.2H2O/c5-3(6)1-2-4(7)8;;;/h1-2H,(H,5,6)(H,7,8);;2*1H2/b2-1+;;;. The van der Waals surface area contributed by atoms with Gasteiger partial charge >= 0.3 is 11.9 Å². The maximum absolute atomic E-state index is 9.55. The Labute approximate surface area is 72.6 Å². The molecule has 0 aliphatic carbocycles. The number of aliphatic carboxylic acids is 2. The summed E-state index contributed by atoms with van der Waals surface area (Å²) in [7, 11) is 0. The first-order valence-corrected chi connectivity index (χ1v) is 1.77. The average molecular weight is 216 g/mol. The van der Waals surface area contributed by atoms with Gasteiger partial charge in [0.05, 0.1) is 0 Å². The Hall–Kier alpha value is -0.881. The van der Waals surface area contributed by atoms with E-state index < -0.39 is 11.9 Å². The van der Waals surface area contributed by atoms with Crippen molar-refractivity contribution in [3.63, 3.8) is 0 Å². The van der Waals surface area contributed by atoms with Crippen LogP contribution in [-0.4, -0.2) is 33.1 Å². The molecule has 0 saturated heterocycles. The summed E-state index contributed by atoms with van der Waals surface area (Å²) in [6.07, 6.45) is 1.12. The van der Waals surface area contributed by atoms with Crippen LogP contribution in [0.3, 0.4) is 0 Å². The van der Waals surface area contributed by atoms with E-state index in [-0.39, 0.29) is 28.0 Å². The van der Waals surface area contributed by atoms with Gasteiger partial charge in [0.1, 0.15) is 0 Å². The van der Waals surface area contributed by atoms with Gasteiger partial charge in [0.15, 0.2) is 0 Å². The number of rotatable bonds is 2. The monoisotopic (exact) mass is 215 g/mol. The van der Waals surface area contributed by atoms with E-state index in [0.29, 0.717) is 12.2 Å². The Bertz CT molecular complexity index is 126. The van der Waals surface area contributed by atoms with Gasteiger partial charge in [0, 0.05) is 29.2 Å². The minimum Gasteiger partial charge on any atom is -0.478 e. The number of hydrogen-bond acceptors (Lipinski definition) is 2. The average Bonchev–Trinajstić information content (AvgIpc) is 1.61. The van der Waals surface area contributed by atoms with E-state index in [1.807, 2.05) is 0 Å². The van der Waals surface area contributed by atoms with Gasteiger partial charge in [-0.15, -0.1) is 0 Å². The van der Waals surface area contributed by atoms with Crippen LogP contribution in [0.25, 0.3) is 0 Å². The van der Waals surface area contributed by atoms with Gasteiger partial charge in [-0.05, 0) is 0 Å². The predicted molar refractivity (Wildman–Crippen MR) is 31.6 cm³/mol. The van der Waals surface area contributed by atoms with Crippen LogP contribution < -0.4 is 0 Å². The fraction of sp³-hybridized carbons (Fsp3) is 0. The SMILES string of the molecule is O.O.O=C(O)/C=C/C(=O)O.[Cu]. The fourth-order valence-electron chi connectivity index (χ4n) is 0.143. The molecule has 71 valence electrons. The van der Waals surface area contributed by atoms with Gasteiger partial charge in [-0.25, -0.2) is 9.59 Å². The first kappa shape index (κ1) is 22.5. The number of carbonyl (C=O) groups is 2. The zero-order valence-electron chi connectivity index (χ0n) is 5.17. The van der Waals surface area contributed by atoms with Crippen LogP contribution in [-0.2, 0) is 26.7 Å². The van der Waals surface area contributed by atoms with Crippen LogP contribution in [0, 0.1) is 0 Å². The van der Waals surface area contributed by atoms with Crippen molar-refractivity contribution in [1.29, 1.82) is 0 Å². The van der Waals surface area contributed by atoms with Crippen LogP contribution in [0.4, 0.5) is 0 Å². The molecule has 6 nitrogen and oxygen atoms in total. The smallest absolute Gasteiger partial charge is 0.328 e. The molecule has 11 heavy (non-hydrogen) atoms. The summed E-state index contributed by atoms with van der Waals surface area (Å²) >= 11 is 0. The van der Waals surface area contributed by atoms with Gasteiger partial charge in [0.2, 0.25) is 0 Å². The second-order valence-corrected chi connectivity index (χ2v) is 1.01. The van der Waals surface area contributed by atoms with Crippen LogP contribution in [0.1, 0.15) is 0 Å². The van der Waals surface area contributed by atoms with E-state index in [2.05, 4.69) is 0 Å². The molecule has 0 fully saturated rings. The third kappa shape index (κ3) is 27.2. The first-order chi connectivity index (χ1) is 3.63. The molecule has 0 aromatic heterocycles. The van der Waals surface area contributed by atoms with Crippen molar-refractivity contribution >= 4 is 11.9 Å². The summed E-state index contributed by atoms with van der Waals surface area (Å²) in [6.45, 7) is 0. The Morgan fingerprint density at radius 1 is 0.909 bits per heavy atom. The van der Waals surface area contributed by atoms with Gasteiger partial charge in [-0.1, -0.05) is 0 Å². The summed E-state index contributed by atoms with van der Waals surface area (Å²) in [6, 6.07) is 0. The molecule has 0 atom stereocenters. The normalized spacial score (nSPS) is 6.91. The molecule has 0 unspecified atom stereocenters. The summed E-state index contributed by atoms with van der Waals surface area (Å²) in [5.41, 5.74) is 0. The molecule has 0 saturated carbocycles. The van der Waals surface area contributed by atoms with Crippen LogP contribution in [0.15, 0.2) is 12.2 Å². The minimum absolute atomic E-state index is 0. The summed E-state index contributed by atoms with van der Waals surface area (Å²) in [5, 5.41) is 15.6. The maximum Gasteiger partial charge on any atom is 0.328 e. The molecule has 0 aromatic rings. The van der Waals surface area contributed by atoms with E-state index in [9.17, 15) is 9.59 Å². The summed E-state index contributed by atoms with van der Waals surface area (Å²) in [5.74, 6) is -2.51. The zero-order chi connectivity index (χ0) is 6.57. The molecule has 0 aromatic carbocycles. The zero-order valence-corrected chi connectivity index (χ0v) is 6.11. The van der Waals surface area contributed by atoms with Crippen molar-refractivity contribution < 1.29 is 47.8 Å². The van der Waals surface area contributed by atoms with Crippen LogP contribution >= 0.6 is 0 Å². The molecule has 1 radical (unpaired) electrons. The van der Waals surface area contributed by atoms with Crippen molar-refractivity contribution in [2.45, 2.75) is 0 Å². The first-order valence-electron chi connectivity index (χ1n) is 1.77. The molecule has 7 heteroatoms. The Morgan fingerprint density at radius 2 is 1.09 bits per heavy atom. The third-order valence-electron chi connectivity index (χ3n) is 0.368. The molecule has 0 heterocycles. The Morgan fingerprint density at radius 3 is 1.18 bits per heavy atom. The van der Waals surface area contributed by atoms with Crippen LogP contribution in [0.2, 0.25) is 0 Å². The summed E-state index contributed by atoms with van der Waals surface area (Å²) < 4.78 is 0. The molecule has 0 bridgehead atoms. The number of carboxylic acids is 2. The molecule has 6 N–H and O–H groups in total. The van der Waals surface area contributed by atoms with Gasteiger partial charge in [-0.2, -0.15) is 0 Å². The van der Waals surface area contributed by atoms with Gasteiger partial charge in [-0.3, -0.25) is 0 Å².